The van der Waals surface area contributed by atoms with Gasteiger partial charge in [0.2, 0.25) is 0 Å². The predicted octanol–water partition coefficient (Wildman–Crippen LogP) is 10.5. The lowest BCUT2D eigenvalue weighted by atomic mass is 9.76. The van der Waals surface area contributed by atoms with Crippen LogP contribution in [0.3, 0.4) is 0 Å². The molecule has 5 heteroatoms. The SMILES string of the molecule is C[Si](C)(C)c1ccc(-c2nc(-c3ccc([Si](C)(C)C)cc3)nc(-c3cccc(-c4ccc5c(c4)C4(CCCC4)c4ccccc4-5)c3)n2)cc1. The summed E-state index contributed by atoms with van der Waals surface area (Å²) in [6.07, 6.45) is 5.04. The Kier molecular flexibility index (Phi) is 7.69. The second-order valence-electron chi connectivity index (χ2n) is 16.1. The minimum Gasteiger partial charge on any atom is -0.208 e. The predicted molar refractivity (Wildman–Crippen MR) is 212 cm³/mol. The summed E-state index contributed by atoms with van der Waals surface area (Å²) in [5, 5.41) is 2.86. The van der Waals surface area contributed by atoms with Crippen molar-refractivity contribution >= 4 is 26.5 Å². The summed E-state index contributed by atoms with van der Waals surface area (Å²) in [5.41, 5.74) is 11.5. The van der Waals surface area contributed by atoms with Gasteiger partial charge in [-0.05, 0) is 58.4 Å². The average molecular weight is 672 g/mol. The zero-order chi connectivity index (χ0) is 34.0. The Bertz CT molecular complexity index is 2110. The number of aromatic nitrogens is 3. The molecule has 0 saturated heterocycles. The molecule has 6 aromatic rings. The standard InChI is InChI=1S/C44H45N3Si2/c1-48(2,3)35-21-16-30(17-22-35)41-45-42(31-18-23-36(24-19-31)49(4,5)6)47-43(46-41)34-13-11-12-32(28-34)33-20-25-38-37-14-7-8-15-39(37)44(40(38)29-33)26-9-10-27-44/h7-8,11-25,28-29H,9-10,26-27H2,1-6H3. The van der Waals surface area contributed by atoms with Crippen LogP contribution in [-0.2, 0) is 5.41 Å². The fraction of sp³-hybridized carbons (Fsp3) is 0.250. The molecule has 0 bridgehead atoms. The van der Waals surface area contributed by atoms with Crippen LogP contribution in [0.1, 0.15) is 36.8 Å². The highest BCUT2D eigenvalue weighted by atomic mass is 28.3. The first-order chi connectivity index (χ1) is 23.5. The first-order valence-corrected chi connectivity index (χ1v) is 24.8. The Morgan fingerprint density at radius 2 is 0.898 bits per heavy atom. The average Bonchev–Trinajstić information content (AvgIpc) is 3.71. The minimum absolute atomic E-state index is 0.146. The van der Waals surface area contributed by atoms with E-state index in [1.165, 1.54) is 69.4 Å². The molecule has 1 saturated carbocycles. The van der Waals surface area contributed by atoms with Gasteiger partial charge < -0.3 is 0 Å². The molecule has 1 heterocycles. The van der Waals surface area contributed by atoms with E-state index >= 15 is 0 Å². The first kappa shape index (κ1) is 31.8. The Hall–Kier alpha value is -4.46. The van der Waals surface area contributed by atoms with Crippen LogP contribution in [0.15, 0.2) is 115 Å². The maximum absolute atomic E-state index is 5.12. The molecular weight excluding hydrogens is 627 g/mol. The van der Waals surface area contributed by atoms with Crippen LogP contribution in [-0.4, -0.2) is 31.1 Å². The maximum Gasteiger partial charge on any atom is 0.164 e. The fourth-order valence-electron chi connectivity index (χ4n) is 7.99. The van der Waals surface area contributed by atoms with Crippen LogP contribution >= 0.6 is 0 Å². The zero-order valence-electron chi connectivity index (χ0n) is 29.6. The number of rotatable bonds is 6. The molecular formula is C44H45N3Si2. The third kappa shape index (κ3) is 5.73. The molecule has 0 radical (unpaired) electrons. The summed E-state index contributed by atoms with van der Waals surface area (Å²) in [7, 11) is -2.86. The van der Waals surface area contributed by atoms with Crippen molar-refractivity contribution in [3.05, 3.63) is 126 Å². The lowest BCUT2D eigenvalue weighted by molar-refractivity contribution is 0.550. The Labute approximate surface area is 293 Å². The van der Waals surface area contributed by atoms with Crippen LogP contribution in [0.5, 0.6) is 0 Å². The van der Waals surface area contributed by atoms with E-state index in [0.29, 0.717) is 17.5 Å². The highest BCUT2D eigenvalue weighted by molar-refractivity contribution is 6.89. The molecule has 0 aliphatic heterocycles. The van der Waals surface area contributed by atoms with Gasteiger partial charge in [0, 0.05) is 22.1 Å². The van der Waals surface area contributed by atoms with E-state index in [2.05, 4.69) is 155 Å². The lowest BCUT2D eigenvalue weighted by Gasteiger charge is -2.27. The molecule has 1 fully saturated rings. The van der Waals surface area contributed by atoms with Crippen LogP contribution in [0, 0.1) is 0 Å². The molecule has 1 aromatic heterocycles. The number of fused-ring (bicyclic) bond motifs is 5. The van der Waals surface area contributed by atoms with Crippen LogP contribution < -0.4 is 10.4 Å². The van der Waals surface area contributed by atoms with Gasteiger partial charge in [-0.15, -0.1) is 0 Å². The lowest BCUT2D eigenvalue weighted by Crippen LogP contribution is -2.37. The number of hydrogen-bond acceptors (Lipinski definition) is 3. The van der Waals surface area contributed by atoms with E-state index < -0.39 is 16.1 Å². The van der Waals surface area contributed by atoms with Crippen molar-refractivity contribution in [1.82, 2.24) is 15.0 Å². The highest BCUT2D eigenvalue weighted by Gasteiger charge is 2.44. The summed E-state index contributed by atoms with van der Waals surface area (Å²) in [5.74, 6) is 2.12. The van der Waals surface area contributed by atoms with Gasteiger partial charge in [-0.25, -0.2) is 15.0 Å². The molecule has 0 unspecified atom stereocenters. The number of hydrogen-bond donors (Lipinski definition) is 0. The Balaban J connectivity index is 1.22. The molecule has 244 valence electrons. The van der Waals surface area contributed by atoms with Crippen molar-refractivity contribution < 1.29 is 0 Å². The molecule has 2 aliphatic rings. The van der Waals surface area contributed by atoms with E-state index in [1.54, 1.807) is 0 Å². The summed E-state index contributed by atoms with van der Waals surface area (Å²) in [6.45, 7) is 14.3. The van der Waals surface area contributed by atoms with E-state index in [4.69, 9.17) is 15.0 Å². The molecule has 8 rings (SSSR count). The highest BCUT2D eigenvalue weighted by Crippen LogP contribution is 2.57. The van der Waals surface area contributed by atoms with Crippen LogP contribution in [0.4, 0.5) is 0 Å². The van der Waals surface area contributed by atoms with E-state index in [1.807, 2.05) is 0 Å². The van der Waals surface area contributed by atoms with Gasteiger partial charge in [0.25, 0.3) is 0 Å². The second kappa shape index (κ2) is 11.9. The summed E-state index contributed by atoms with van der Waals surface area (Å²) in [4.78, 5) is 15.3. The second-order valence-corrected chi connectivity index (χ2v) is 26.3. The molecule has 3 nitrogen and oxygen atoms in total. The minimum atomic E-state index is -1.43. The van der Waals surface area contributed by atoms with Crippen molar-refractivity contribution in [2.45, 2.75) is 70.4 Å². The van der Waals surface area contributed by atoms with Crippen LogP contribution in [0.25, 0.3) is 56.4 Å². The largest absolute Gasteiger partial charge is 0.208 e. The molecule has 1 spiro atoms. The van der Waals surface area contributed by atoms with Crippen molar-refractivity contribution in [3.63, 3.8) is 0 Å². The van der Waals surface area contributed by atoms with Gasteiger partial charge in [-0.3, -0.25) is 0 Å². The molecule has 5 aromatic carbocycles. The van der Waals surface area contributed by atoms with Crippen molar-refractivity contribution in [1.29, 1.82) is 0 Å². The van der Waals surface area contributed by atoms with E-state index in [9.17, 15) is 0 Å². The zero-order valence-corrected chi connectivity index (χ0v) is 31.6. The number of benzene rings is 5. The van der Waals surface area contributed by atoms with Crippen LogP contribution in [0.2, 0.25) is 39.3 Å². The van der Waals surface area contributed by atoms with Gasteiger partial charge in [0.05, 0.1) is 16.1 Å². The van der Waals surface area contributed by atoms with Crippen molar-refractivity contribution in [2.75, 3.05) is 0 Å². The summed E-state index contributed by atoms with van der Waals surface area (Å²) >= 11 is 0. The van der Waals surface area contributed by atoms with Gasteiger partial charge in [-0.2, -0.15) is 0 Å². The fourth-order valence-corrected chi connectivity index (χ4v) is 10.3. The summed E-state index contributed by atoms with van der Waals surface area (Å²) < 4.78 is 0. The smallest absolute Gasteiger partial charge is 0.164 e. The topological polar surface area (TPSA) is 38.7 Å². The summed E-state index contributed by atoms with van der Waals surface area (Å²) in [6, 6.07) is 42.8. The van der Waals surface area contributed by atoms with Gasteiger partial charge in [0.1, 0.15) is 0 Å². The van der Waals surface area contributed by atoms with Gasteiger partial charge in [0.15, 0.2) is 17.5 Å². The Morgan fingerprint density at radius 3 is 1.47 bits per heavy atom. The normalized spacial score (nSPS) is 15.0. The quantitative estimate of drug-likeness (QED) is 0.165. The van der Waals surface area contributed by atoms with E-state index in [-0.39, 0.29) is 5.41 Å². The maximum atomic E-state index is 5.12. The first-order valence-electron chi connectivity index (χ1n) is 17.8. The Morgan fingerprint density at radius 1 is 0.429 bits per heavy atom. The molecule has 0 atom stereocenters. The van der Waals surface area contributed by atoms with E-state index in [0.717, 1.165) is 16.7 Å². The van der Waals surface area contributed by atoms with Crippen molar-refractivity contribution in [2.24, 2.45) is 0 Å². The van der Waals surface area contributed by atoms with Gasteiger partial charge in [-0.1, -0.05) is 166 Å². The van der Waals surface area contributed by atoms with Gasteiger partial charge >= 0.3 is 0 Å². The molecule has 0 N–H and O–H groups in total. The molecule has 2 aliphatic carbocycles. The molecule has 49 heavy (non-hydrogen) atoms. The third-order valence-electron chi connectivity index (χ3n) is 10.8. The third-order valence-corrected chi connectivity index (χ3v) is 15.0. The molecule has 0 amide bonds. The monoisotopic (exact) mass is 671 g/mol. The van der Waals surface area contributed by atoms with Crippen molar-refractivity contribution in [3.8, 4) is 56.4 Å². The number of nitrogens with zero attached hydrogens (tertiary/aromatic N) is 3.